The van der Waals surface area contributed by atoms with Crippen molar-refractivity contribution in [3.05, 3.63) is 64.4 Å². The molecular formula is C19H22ClFN4O4S2. The number of hydrazine groups is 1. The molecule has 2 aromatic rings. The van der Waals surface area contributed by atoms with Crippen LogP contribution in [0.1, 0.15) is 22.3 Å². The van der Waals surface area contributed by atoms with Crippen molar-refractivity contribution in [1.82, 2.24) is 20.9 Å². The van der Waals surface area contributed by atoms with Crippen molar-refractivity contribution in [2.75, 3.05) is 20.3 Å². The lowest BCUT2D eigenvalue weighted by atomic mass is 10.1. The molecule has 0 aliphatic heterocycles. The van der Waals surface area contributed by atoms with Crippen LogP contribution in [0.4, 0.5) is 4.39 Å². The molecule has 2 rings (SSSR count). The summed E-state index contributed by atoms with van der Waals surface area (Å²) in [5, 5.41) is 2.91. The van der Waals surface area contributed by atoms with E-state index < -0.39 is 21.7 Å². The van der Waals surface area contributed by atoms with Gasteiger partial charge in [0.15, 0.2) is 5.11 Å². The molecule has 4 N–H and O–H groups in total. The van der Waals surface area contributed by atoms with Crippen molar-refractivity contribution < 1.29 is 22.3 Å². The summed E-state index contributed by atoms with van der Waals surface area (Å²) in [7, 11) is -2.26. The Morgan fingerprint density at radius 3 is 2.52 bits per heavy atom. The lowest BCUT2D eigenvalue weighted by Gasteiger charge is -2.12. The number of hydrogen-bond donors (Lipinski definition) is 4. The fourth-order valence-corrected chi connectivity index (χ4v) is 3.77. The van der Waals surface area contributed by atoms with Crippen LogP contribution >= 0.6 is 23.8 Å². The third kappa shape index (κ3) is 8.04. The van der Waals surface area contributed by atoms with Gasteiger partial charge in [0.05, 0.1) is 9.92 Å². The van der Waals surface area contributed by atoms with E-state index in [4.69, 9.17) is 28.6 Å². The zero-order chi connectivity index (χ0) is 22.9. The fraction of sp³-hybridized carbons (Fsp3) is 0.263. The number of carbonyl (C=O) groups is 1. The number of nitrogens with one attached hydrogen (secondary N) is 4. The molecule has 0 aliphatic rings. The molecule has 12 heteroatoms. The van der Waals surface area contributed by atoms with E-state index in [2.05, 4.69) is 20.9 Å². The predicted octanol–water partition coefficient (Wildman–Crippen LogP) is 2.10. The maximum absolute atomic E-state index is 13.2. The zero-order valence-corrected chi connectivity index (χ0v) is 19.0. The van der Waals surface area contributed by atoms with Crippen LogP contribution in [0.3, 0.4) is 0 Å². The number of halogens is 2. The standard InChI is InChI=1S/C19H22ClFN4O4S2/c1-29-10-2-9-22-19(30)25-24-18(26)14-5-3-13(4-6-14)12-23-31(27,28)15-7-8-17(21)16(20)11-15/h3-8,11,23H,2,9-10,12H2,1H3,(H,24,26)(H2,22,25,30). The number of rotatable bonds is 9. The molecule has 0 heterocycles. The number of benzene rings is 2. The van der Waals surface area contributed by atoms with Gasteiger partial charge in [0, 0.05) is 32.4 Å². The van der Waals surface area contributed by atoms with Crippen LogP contribution in [-0.2, 0) is 21.3 Å². The van der Waals surface area contributed by atoms with Gasteiger partial charge in [-0.05, 0) is 54.5 Å². The lowest BCUT2D eigenvalue weighted by molar-refractivity contribution is 0.0943. The van der Waals surface area contributed by atoms with E-state index in [-0.39, 0.29) is 21.6 Å². The van der Waals surface area contributed by atoms with Gasteiger partial charge in [-0.2, -0.15) is 0 Å². The molecule has 0 aromatic heterocycles. The topological polar surface area (TPSA) is 109 Å². The van der Waals surface area contributed by atoms with Crippen molar-refractivity contribution in [2.24, 2.45) is 0 Å². The first-order valence-corrected chi connectivity index (χ1v) is 11.4. The Bertz CT molecular complexity index is 1020. The number of ether oxygens (including phenoxy) is 1. The molecule has 0 unspecified atom stereocenters. The van der Waals surface area contributed by atoms with Gasteiger partial charge in [0.1, 0.15) is 5.82 Å². The zero-order valence-electron chi connectivity index (χ0n) is 16.6. The second kappa shape index (κ2) is 11.9. The lowest BCUT2D eigenvalue weighted by Crippen LogP contribution is -2.47. The number of carbonyl (C=O) groups excluding carboxylic acids is 1. The molecule has 0 atom stereocenters. The summed E-state index contributed by atoms with van der Waals surface area (Å²) in [6.07, 6.45) is 0.770. The minimum Gasteiger partial charge on any atom is -0.385 e. The molecule has 0 saturated heterocycles. The van der Waals surface area contributed by atoms with E-state index in [0.29, 0.717) is 24.3 Å². The summed E-state index contributed by atoms with van der Waals surface area (Å²) in [6, 6.07) is 9.46. The largest absolute Gasteiger partial charge is 0.385 e. The summed E-state index contributed by atoms with van der Waals surface area (Å²) in [5.74, 6) is -1.11. The average molecular weight is 489 g/mol. The second-order valence-corrected chi connectivity index (χ2v) is 8.86. The van der Waals surface area contributed by atoms with Gasteiger partial charge in [0.2, 0.25) is 10.0 Å². The van der Waals surface area contributed by atoms with Crippen LogP contribution in [0.5, 0.6) is 0 Å². The van der Waals surface area contributed by atoms with Gasteiger partial charge in [-0.25, -0.2) is 17.5 Å². The molecule has 8 nitrogen and oxygen atoms in total. The summed E-state index contributed by atoms with van der Waals surface area (Å²) in [6.45, 7) is 1.18. The third-order valence-corrected chi connectivity index (χ3v) is 5.92. The number of thiocarbonyl (C=S) groups is 1. The Morgan fingerprint density at radius 2 is 1.87 bits per heavy atom. The second-order valence-electron chi connectivity index (χ2n) is 6.28. The van der Waals surface area contributed by atoms with Crippen LogP contribution in [0.2, 0.25) is 5.02 Å². The number of amides is 1. The van der Waals surface area contributed by atoms with Crippen LogP contribution in [0, 0.1) is 5.82 Å². The highest BCUT2D eigenvalue weighted by Gasteiger charge is 2.16. The quantitative estimate of drug-likeness (QED) is 0.243. The molecule has 0 fully saturated rings. The van der Waals surface area contributed by atoms with Gasteiger partial charge >= 0.3 is 0 Å². The highest BCUT2D eigenvalue weighted by molar-refractivity contribution is 7.89. The number of methoxy groups -OCH3 is 1. The van der Waals surface area contributed by atoms with Crippen molar-refractivity contribution in [3.8, 4) is 0 Å². The van der Waals surface area contributed by atoms with Gasteiger partial charge in [-0.15, -0.1) is 0 Å². The minimum absolute atomic E-state index is 0.0209. The van der Waals surface area contributed by atoms with Gasteiger partial charge in [0.25, 0.3) is 5.91 Å². The monoisotopic (exact) mass is 488 g/mol. The van der Waals surface area contributed by atoms with Crippen LogP contribution in [0.25, 0.3) is 0 Å². The van der Waals surface area contributed by atoms with Gasteiger partial charge < -0.3 is 10.1 Å². The molecule has 31 heavy (non-hydrogen) atoms. The van der Waals surface area contributed by atoms with Gasteiger partial charge in [-0.3, -0.25) is 15.6 Å². The maximum atomic E-state index is 13.2. The van der Waals surface area contributed by atoms with Crippen molar-refractivity contribution in [3.63, 3.8) is 0 Å². The normalized spacial score (nSPS) is 11.1. The molecule has 0 spiro atoms. The molecular weight excluding hydrogens is 467 g/mol. The smallest absolute Gasteiger partial charge is 0.269 e. The summed E-state index contributed by atoms with van der Waals surface area (Å²) in [5.41, 5.74) is 6.04. The van der Waals surface area contributed by atoms with E-state index >= 15 is 0 Å². The van der Waals surface area contributed by atoms with Crippen molar-refractivity contribution in [2.45, 2.75) is 17.9 Å². The maximum Gasteiger partial charge on any atom is 0.269 e. The summed E-state index contributed by atoms with van der Waals surface area (Å²) >= 11 is 10.7. The Hall–Kier alpha value is -2.31. The van der Waals surface area contributed by atoms with Gasteiger partial charge in [-0.1, -0.05) is 23.7 Å². The molecule has 2 aromatic carbocycles. The first-order valence-electron chi connectivity index (χ1n) is 9.09. The molecule has 0 bridgehead atoms. The minimum atomic E-state index is -3.87. The number of sulfonamides is 1. The molecule has 0 aliphatic carbocycles. The third-order valence-electron chi connectivity index (χ3n) is 3.98. The van der Waals surface area contributed by atoms with Crippen molar-refractivity contribution in [1.29, 1.82) is 0 Å². The molecule has 0 saturated carbocycles. The van der Waals surface area contributed by atoms with E-state index in [1.807, 2.05) is 0 Å². The number of hydrogen-bond acceptors (Lipinski definition) is 5. The van der Waals surface area contributed by atoms with E-state index in [0.717, 1.165) is 24.6 Å². The Labute approximate surface area is 190 Å². The van der Waals surface area contributed by atoms with E-state index in [9.17, 15) is 17.6 Å². The Balaban J connectivity index is 1.85. The van der Waals surface area contributed by atoms with Crippen molar-refractivity contribution >= 4 is 44.9 Å². The molecule has 168 valence electrons. The Morgan fingerprint density at radius 1 is 1.16 bits per heavy atom. The first-order chi connectivity index (χ1) is 14.7. The van der Waals surface area contributed by atoms with Crippen LogP contribution < -0.4 is 20.9 Å². The SMILES string of the molecule is COCCCNC(=S)NNC(=O)c1ccc(CNS(=O)(=O)c2ccc(F)c(Cl)c2)cc1. The van der Waals surface area contributed by atoms with E-state index in [1.165, 1.54) is 0 Å². The highest BCUT2D eigenvalue weighted by atomic mass is 35.5. The average Bonchev–Trinajstić information content (AvgIpc) is 2.76. The highest BCUT2D eigenvalue weighted by Crippen LogP contribution is 2.19. The van der Waals surface area contributed by atoms with E-state index in [1.54, 1.807) is 31.4 Å². The summed E-state index contributed by atoms with van der Waals surface area (Å²) < 4.78 is 45.2. The first kappa shape index (κ1) is 25.0. The molecule has 0 radical (unpaired) electrons. The fourth-order valence-electron chi connectivity index (χ4n) is 2.33. The summed E-state index contributed by atoms with van der Waals surface area (Å²) in [4.78, 5) is 12.0. The Kier molecular flexibility index (Phi) is 9.59. The molecule has 1 amide bonds. The van der Waals surface area contributed by atoms with Crippen LogP contribution in [0.15, 0.2) is 47.4 Å². The predicted molar refractivity (Wildman–Crippen MR) is 120 cm³/mol. The van der Waals surface area contributed by atoms with Crippen LogP contribution in [-0.4, -0.2) is 39.7 Å².